The third kappa shape index (κ3) is 3.18. The highest BCUT2D eigenvalue weighted by molar-refractivity contribution is 4.72. The van der Waals surface area contributed by atoms with Gasteiger partial charge >= 0.3 is 0 Å². The summed E-state index contributed by atoms with van der Waals surface area (Å²) in [7, 11) is 0. The highest BCUT2D eigenvalue weighted by Crippen LogP contribution is 2.09. The van der Waals surface area contributed by atoms with E-state index in [9.17, 15) is 5.11 Å². The molecule has 11 heavy (non-hydrogen) atoms. The lowest BCUT2D eigenvalue weighted by atomic mass is 10.1. The van der Waals surface area contributed by atoms with Crippen molar-refractivity contribution in [3.8, 4) is 0 Å². The van der Waals surface area contributed by atoms with Crippen LogP contribution in [0, 0.1) is 0 Å². The molecule has 0 aromatic heterocycles. The molecule has 2 atom stereocenters. The zero-order valence-corrected chi connectivity index (χ0v) is 7.03. The van der Waals surface area contributed by atoms with Crippen molar-refractivity contribution in [1.29, 1.82) is 0 Å². The highest BCUT2D eigenvalue weighted by Gasteiger charge is 2.17. The van der Waals surface area contributed by atoms with Crippen LogP contribution in [0.5, 0.6) is 0 Å². The van der Waals surface area contributed by atoms with Crippen molar-refractivity contribution < 1.29 is 10.2 Å². The maximum Gasteiger partial charge on any atom is 0.0667 e. The molecule has 1 rings (SSSR count). The number of β-amino-alcohol motifs (C(OH)–C–C–N with tert-alkyl or cyclic N) is 2. The zero-order chi connectivity index (χ0) is 8.27. The molecule has 3 nitrogen and oxygen atoms in total. The van der Waals surface area contributed by atoms with Crippen molar-refractivity contribution in [2.24, 2.45) is 0 Å². The second-order valence-corrected chi connectivity index (χ2v) is 3.40. The van der Waals surface area contributed by atoms with Crippen LogP contribution in [0.2, 0.25) is 0 Å². The summed E-state index contributed by atoms with van der Waals surface area (Å²) >= 11 is 0. The summed E-state index contributed by atoms with van der Waals surface area (Å²) in [5.74, 6) is 0. The van der Waals surface area contributed by atoms with Gasteiger partial charge in [-0.25, -0.2) is 0 Å². The first-order valence-corrected chi connectivity index (χ1v) is 4.27. The van der Waals surface area contributed by atoms with Crippen LogP contribution in [0.1, 0.15) is 19.8 Å². The molecule has 0 bridgehead atoms. The number of aliphatic hydroxyl groups excluding tert-OH is 2. The average molecular weight is 159 g/mol. The van der Waals surface area contributed by atoms with Crippen LogP contribution >= 0.6 is 0 Å². The van der Waals surface area contributed by atoms with Gasteiger partial charge in [0.15, 0.2) is 0 Å². The van der Waals surface area contributed by atoms with E-state index in [0.29, 0.717) is 6.54 Å². The molecule has 1 aliphatic rings. The van der Waals surface area contributed by atoms with Crippen LogP contribution in [-0.4, -0.2) is 47.0 Å². The molecule has 0 aliphatic carbocycles. The summed E-state index contributed by atoms with van der Waals surface area (Å²) < 4.78 is 0. The maximum atomic E-state index is 9.27. The minimum absolute atomic E-state index is 0.178. The predicted octanol–water partition coefficient (Wildman–Crippen LogP) is -0.176. The average Bonchev–Trinajstić information content (AvgIpc) is 1.85. The van der Waals surface area contributed by atoms with Gasteiger partial charge in [-0.05, 0) is 26.3 Å². The standard InChI is InChI=1S/C8H17NO2/c1-7(10)5-9-4-2-3-8(11)6-9/h7-8,10-11H,2-6H2,1H3/t7-,8?/m0/s1. The second-order valence-electron chi connectivity index (χ2n) is 3.40. The van der Waals surface area contributed by atoms with Crippen molar-refractivity contribution in [2.45, 2.75) is 32.0 Å². The number of hydrogen-bond donors (Lipinski definition) is 2. The van der Waals surface area contributed by atoms with Gasteiger partial charge < -0.3 is 10.2 Å². The molecule has 1 heterocycles. The molecule has 66 valence electrons. The molecular formula is C8H17NO2. The van der Waals surface area contributed by atoms with E-state index in [0.717, 1.165) is 25.9 Å². The molecule has 1 unspecified atom stereocenters. The van der Waals surface area contributed by atoms with Gasteiger partial charge in [-0.15, -0.1) is 0 Å². The fraction of sp³-hybridized carbons (Fsp3) is 1.00. The Labute approximate surface area is 67.6 Å². The number of piperidine rings is 1. The van der Waals surface area contributed by atoms with Crippen molar-refractivity contribution in [3.05, 3.63) is 0 Å². The van der Waals surface area contributed by atoms with Gasteiger partial charge in [0.1, 0.15) is 0 Å². The molecule has 1 saturated heterocycles. The summed E-state index contributed by atoms with van der Waals surface area (Å²) in [6.45, 7) is 4.21. The molecule has 0 saturated carbocycles. The fourth-order valence-electron chi connectivity index (χ4n) is 1.57. The fourth-order valence-corrected chi connectivity index (χ4v) is 1.57. The van der Waals surface area contributed by atoms with Gasteiger partial charge in [0.25, 0.3) is 0 Å². The van der Waals surface area contributed by atoms with Crippen molar-refractivity contribution in [3.63, 3.8) is 0 Å². The maximum absolute atomic E-state index is 9.27. The number of likely N-dealkylation sites (tertiary alicyclic amines) is 1. The van der Waals surface area contributed by atoms with E-state index in [2.05, 4.69) is 4.90 Å². The molecule has 1 aliphatic heterocycles. The van der Waals surface area contributed by atoms with Crippen LogP contribution in [0.15, 0.2) is 0 Å². The Morgan fingerprint density at radius 3 is 2.91 bits per heavy atom. The molecular weight excluding hydrogens is 142 g/mol. The molecule has 1 fully saturated rings. The van der Waals surface area contributed by atoms with Crippen LogP contribution in [0.4, 0.5) is 0 Å². The third-order valence-electron chi connectivity index (χ3n) is 2.00. The lowest BCUT2D eigenvalue weighted by molar-refractivity contribution is 0.0442. The summed E-state index contributed by atoms with van der Waals surface area (Å²) in [5.41, 5.74) is 0. The van der Waals surface area contributed by atoms with Crippen LogP contribution in [0.25, 0.3) is 0 Å². The van der Waals surface area contributed by atoms with Gasteiger partial charge in [-0.1, -0.05) is 0 Å². The first-order chi connectivity index (χ1) is 5.18. The second kappa shape index (κ2) is 4.04. The normalized spacial score (nSPS) is 30.3. The largest absolute Gasteiger partial charge is 0.392 e. The number of hydrogen-bond acceptors (Lipinski definition) is 3. The number of aliphatic hydroxyl groups is 2. The van der Waals surface area contributed by atoms with Crippen molar-refractivity contribution in [1.82, 2.24) is 4.90 Å². The Hall–Kier alpha value is -0.120. The van der Waals surface area contributed by atoms with Gasteiger partial charge in [0.2, 0.25) is 0 Å². The third-order valence-corrected chi connectivity index (χ3v) is 2.00. The smallest absolute Gasteiger partial charge is 0.0667 e. The van der Waals surface area contributed by atoms with E-state index in [-0.39, 0.29) is 12.2 Å². The van der Waals surface area contributed by atoms with Gasteiger partial charge in [0.05, 0.1) is 12.2 Å². The van der Waals surface area contributed by atoms with E-state index in [1.165, 1.54) is 0 Å². The van der Waals surface area contributed by atoms with Gasteiger partial charge in [-0.3, -0.25) is 4.90 Å². The predicted molar refractivity (Wildman–Crippen MR) is 43.4 cm³/mol. The van der Waals surface area contributed by atoms with E-state index < -0.39 is 0 Å². The highest BCUT2D eigenvalue weighted by atomic mass is 16.3. The number of nitrogens with zero attached hydrogens (tertiary/aromatic N) is 1. The van der Waals surface area contributed by atoms with E-state index in [1.807, 2.05) is 0 Å². The molecule has 0 spiro atoms. The van der Waals surface area contributed by atoms with Crippen LogP contribution in [-0.2, 0) is 0 Å². The molecule has 0 aromatic rings. The first-order valence-electron chi connectivity index (χ1n) is 4.27. The van der Waals surface area contributed by atoms with E-state index in [1.54, 1.807) is 6.92 Å². The topological polar surface area (TPSA) is 43.7 Å². The molecule has 0 radical (unpaired) electrons. The van der Waals surface area contributed by atoms with Crippen molar-refractivity contribution >= 4 is 0 Å². The molecule has 3 heteroatoms. The first kappa shape index (κ1) is 8.97. The lowest BCUT2D eigenvalue weighted by Gasteiger charge is -2.30. The Morgan fingerprint density at radius 2 is 2.36 bits per heavy atom. The van der Waals surface area contributed by atoms with Gasteiger partial charge in [-0.2, -0.15) is 0 Å². The van der Waals surface area contributed by atoms with Crippen LogP contribution < -0.4 is 0 Å². The minimum Gasteiger partial charge on any atom is -0.392 e. The summed E-state index contributed by atoms with van der Waals surface area (Å²) in [5, 5.41) is 18.3. The number of rotatable bonds is 2. The van der Waals surface area contributed by atoms with Crippen molar-refractivity contribution in [2.75, 3.05) is 19.6 Å². The summed E-state index contributed by atoms with van der Waals surface area (Å²) in [6, 6.07) is 0. The Kier molecular flexibility index (Phi) is 3.30. The zero-order valence-electron chi connectivity index (χ0n) is 7.03. The summed E-state index contributed by atoms with van der Waals surface area (Å²) in [6.07, 6.45) is 1.51. The van der Waals surface area contributed by atoms with E-state index >= 15 is 0 Å². The minimum atomic E-state index is -0.278. The van der Waals surface area contributed by atoms with Crippen LogP contribution in [0.3, 0.4) is 0 Å². The van der Waals surface area contributed by atoms with E-state index in [4.69, 9.17) is 5.11 Å². The Balaban J connectivity index is 2.23. The quantitative estimate of drug-likeness (QED) is 0.587. The Bertz CT molecular complexity index is 115. The summed E-state index contributed by atoms with van der Waals surface area (Å²) in [4.78, 5) is 2.11. The SMILES string of the molecule is C[C@H](O)CN1CCCC(O)C1. The monoisotopic (exact) mass is 159 g/mol. The Morgan fingerprint density at radius 1 is 1.64 bits per heavy atom. The van der Waals surface area contributed by atoms with Gasteiger partial charge in [0, 0.05) is 13.1 Å². The molecule has 0 amide bonds. The lowest BCUT2D eigenvalue weighted by Crippen LogP contribution is -2.41. The molecule has 2 N–H and O–H groups in total. The molecule has 0 aromatic carbocycles.